The molecular weight excluding hydrogens is 688 g/mol. The summed E-state index contributed by atoms with van der Waals surface area (Å²) in [5.74, 6) is -9.97. The van der Waals surface area contributed by atoms with E-state index >= 15 is 0 Å². The van der Waals surface area contributed by atoms with Crippen LogP contribution in [0.2, 0.25) is 0 Å². The van der Waals surface area contributed by atoms with Gasteiger partial charge in [-0.3, -0.25) is 4.79 Å². The first kappa shape index (κ1) is 43.5. The fourth-order valence-corrected chi connectivity index (χ4v) is 6.98. The monoisotopic (exact) mass is 744 g/mol. The van der Waals surface area contributed by atoms with Crippen LogP contribution in [0.5, 0.6) is 0 Å². The van der Waals surface area contributed by atoms with E-state index in [9.17, 15) is 44.7 Å². The average molecular weight is 745 g/mol. The van der Waals surface area contributed by atoms with Crippen molar-refractivity contribution < 1.29 is 63.7 Å². The van der Waals surface area contributed by atoms with E-state index in [0.29, 0.717) is 25.7 Å². The summed E-state index contributed by atoms with van der Waals surface area (Å²) in [5, 5.41) is 55.2. The maximum atomic E-state index is 13.1. The number of esters is 2. The Labute approximate surface area is 311 Å². The van der Waals surface area contributed by atoms with Crippen LogP contribution in [0.25, 0.3) is 6.08 Å². The molecule has 0 spiro atoms. The molecule has 2 aliphatic rings. The van der Waals surface area contributed by atoms with Crippen molar-refractivity contribution in [2.45, 2.75) is 133 Å². The zero-order chi connectivity index (χ0) is 39.2. The maximum Gasteiger partial charge on any atom is 0.344 e. The van der Waals surface area contributed by atoms with Gasteiger partial charge in [-0.15, -0.1) is 0 Å². The lowest BCUT2D eigenvalue weighted by atomic mass is 9.74. The van der Waals surface area contributed by atoms with E-state index in [1.165, 1.54) is 0 Å². The van der Waals surface area contributed by atoms with E-state index in [4.69, 9.17) is 14.2 Å². The third-order valence-corrected chi connectivity index (χ3v) is 10.2. The topological polar surface area (TPSA) is 206 Å². The Balaban J connectivity index is 1.78. The van der Waals surface area contributed by atoms with E-state index in [1.54, 1.807) is 6.92 Å². The molecule has 0 aliphatic carbocycles. The van der Waals surface area contributed by atoms with Gasteiger partial charge in [-0.25, -0.2) is 14.4 Å². The predicted octanol–water partition coefficient (Wildman–Crippen LogP) is 4.97. The second-order valence-corrected chi connectivity index (χ2v) is 14.0. The number of allylic oxidation sites excluding steroid dienone is 5. The molecule has 1 aromatic rings. The van der Waals surface area contributed by atoms with Gasteiger partial charge < -0.3 is 44.5 Å². The molecule has 1 aromatic carbocycles. The van der Waals surface area contributed by atoms with Gasteiger partial charge in [0.2, 0.25) is 23.1 Å². The van der Waals surface area contributed by atoms with Gasteiger partial charge in [0.1, 0.15) is 6.10 Å². The summed E-state index contributed by atoms with van der Waals surface area (Å²) in [4.78, 5) is 51.8. The van der Waals surface area contributed by atoms with Gasteiger partial charge in [0.25, 0.3) is 0 Å². The second-order valence-electron chi connectivity index (χ2n) is 14.0. The summed E-state index contributed by atoms with van der Waals surface area (Å²) in [6.07, 6.45) is 9.87. The third-order valence-electron chi connectivity index (χ3n) is 10.2. The highest BCUT2D eigenvalue weighted by atomic mass is 16.8. The lowest BCUT2D eigenvalue weighted by molar-refractivity contribution is -0.375. The zero-order valence-electron chi connectivity index (χ0n) is 31.1. The van der Waals surface area contributed by atoms with Gasteiger partial charge in [0, 0.05) is 12.8 Å². The number of benzene rings is 1. The fraction of sp³-hybridized carbons (Fsp3) is 0.600. The van der Waals surface area contributed by atoms with Gasteiger partial charge in [0.15, 0.2) is 6.10 Å². The molecule has 13 heteroatoms. The number of rotatable bonds is 22. The van der Waals surface area contributed by atoms with Crippen LogP contribution >= 0.6 is 0 Å². The normalized spacial score (nSPS) is 28.6. The number of unbranched alkanes of at least 4 members (excludes halogenated alkanes) is 5. The SMILES string of the molecule is CC=CCCCCC=CCCCCC(=O)O[C@@H]1[C@@H](O)[C@@]2(CCC(C)C(O)C(C)CC=Cc3ccccc3)O[C@H](C(=O)OC)[C@@](O)(C(=O)O)[C@]1(C(=O)O)O2. The van der Waals surface area contributed by atoms with E-state index in [-0.39, 0.29) is 25.2 Å². The first-order chi connectivity index (χ1) is 25.2. The molecule has 2 saturated heterocycles. The molecular formula is C40H56O13. The number of aliphatic carboxylic acids is 2. The fourth-order valence-electron chi connectivity index (χ4n) is 6.98. The van der Waals surface area contributed by atoms with Crippen molar-refractivity contribution in [2.75, 3.05) is 7.11 Å². The summed E-state index contributed by atoms with van der Waals surface area (Å²) in [6.45, 7) is 5.55. The van der Waals surface area contributed by atoms with Gasteiger partial charge >= 0.3 is 23.9 Å². The Morgan fingerprint density at radius 3 is 2.11 bits per heavy atom. The summed E-state index contributed by atoms with van der Waals surface area (Å²) in [5.41, 5.74) is -6.10. The Kier molecular flexibility index (Phi) is 16.4. The average Bonchev–Trinajstić information content (AvgIpc) is 3.35. The van der Waals surface area contributed by atoms with Crippen LogP contribution in [-0.2, 0) is 38.1 Å². The van der Waals surface area contributed by atoms with Crippen molar-refractivity contribution in [3.8, 4) is 0 Å². The molecule has 2 fully saturated rings. The number of carbonyl (C=O) groups is 4. The third kappa shape index (κ3) is 10.0. The number of carboxylic acid groups (broad SMARTS) is 2. The minimum absolute atomic E-state index is 0.0179. The largest absolute Gasteiger partial charge is 0.479 e. The highest BCUT2D eigenvalue weighted by Crippen LogP contribution is 2.56. The molecule has 9 atom stereocenters. The Hall–Kier alpha value is -3.88. The first-order valence-corrected chi connectivity index (χ1v) is 18.4. The number of carboxylic acids is 2. The quantitative estimate of drug-likeness (QED) is 0.0605. The molecule has 3 rings (SSSR count). The van der Waals surface area contributed by atoms with Crippen LogP contribution in [0, 0.1) is 11.8 Å². The summed E-state index contributed by atoms with van der Waals surface area (Å²) in [7, 11) is 0.881. The highest BCUT2D eigenvalue weighted by Gasteiger charge is 2.86. The smallest absolute Gasteiger partial charge is 0.344 e. The number of methoxy groups -OCH3 is 1. The van der Waals surface area contributed by atoms with Gasteiger partial charge in [-0.05, 0) is 82.1 Å². The van der Waals surface area contributed by atoms with Crippen molar-refractivity contribution in [2.24, 2.45) is 11.8 Å². The van der Waals surface area contributed by atoms with E-state index in [1.807, 2.05) is 68.5 Å². The van der Waals surface area contributed by atoms with Crippen molar-refractivity contribution in [3.05, 3.63) is 66.3 Å². The molecule has 3 unspecified atom stereocenters. The molecule has 0 amide bonds. The van der Waals surface area contributed by atoms with Crippen molar-refractivity contribution in [1.29, 1.82) is 0 Å². The van der Waals surface area contributed by atoms with E-state index < -0.39 is 71.2 Å². The molecule has 0 saturated carbocycles. The molecule has 294 valence electrons. The molecule has 13 nitrogen and oxygen atoms in total. The highest BCUT2D eigenvalue weighted by molar-refractivity contribution is 5.98. The lowest BCUT2D eigenvalue weighted by Crippen LogP contribution is -2.78. The molecule has 0 radical (unpaired) electrons. The van der Waals surface area contributed by atoms with Crippen LogP contribution in [0.15, 0.2) is 60.7 Å². The molecule has 2 heterocycles. The molecule has 2 bridgehead atoms. The van der Waals surface area contributed by atoms with Crippen molar-refractivity contribution >= 4 is 30.0 Å². The van der Waals surface area contributed by atoms with Crippen LogP contribution in [-0.4, -0.2) is 97.9 Å². The number of ether oxygens (including phenoxy) is 4. The van der Waals surface area contributed by atoms with Gasteiger partial charge in [-0.2, -0.15) is 0 Å². The number of carbonyl (C=O) groups excluding carboxylic acids is 2. The molecule has 53 heavy (non-hydrogen) atoms. The van der Waals surface area contributed by atoms with Crippen LogP contribution in [0.1, 0.15) is 97.0 Å². The Morgan fingerprint density at radius 1 is 0.906 bits per heavy atom. The lowest BCUT2D eigenvalue weighted by Gasteiger charge is -2.49. The van der Waals surface area contributed by atoms with Crippen molar-refractivity contribution in [3.63, 3.8) is 0 Å². The standard InChI is InChI=1S/C40H56O13/c1-5-6-7-8-9-10-11-12-13-14-18-24-30(41)51-33-32(43)38(26-25-28(3)31(42)27(2)20-19-23-29-21-16-15-17-22-29)52-34(35(44)50-4)39(49,36(45)46)40(33,53-38)37(47)48/h5-6,11-12,15-17,19,21-23,27-28,31-34,42-43,49H,7-10,13-14,18,20,24-26H2,1-4H3,(H,45,46)(H,47,48)/t27?,28?,31?,32-,33-,34-,38+,39-,40+/m1/s1. The van der Waals surface area contributed by atoms with E-state index in [2.05, 4.69) is 16.9 Å². The van der Waals surface area contributed by atoms with Crippen LogP contribution < -0.4 is 0 Å². The number of aliphatic hydroxyl groups excluding tert-OH is 2. The van der Waals surface area contributed by atoms with E-state index in [0.717, 1.165) is 38.4 Å². The summed E-state index contributed by atoms with van der Waals surface area (Å²) in [6, 6.07) is 9.62. The van der Waals surface area contributed by atoms with Crippen LogP contribution in [0.4, 0.5) is 0 Å². The molecule has 5 N–H and O–H groups in total. The molecule has 2 aliphatic heterocycles. The Morgan fingerprint density at radius 2 is 1.53 bits per heavy atom. The first-order valence-electron chi connectivity index (χ1n) is 18.4. The van der Waals surface area contributed by atoms with Gasteiger partial charge in [0.05, 0.1) is 13.2 Å². The number of aliphatic hydroxyl groups is 3. The Bertz CT molecular complexity index is 1460. The minimum Gasteiger partial charge on any atom is -0.479 e. The summed E-state index contributed by atoms with van der Waals surface area (Å²) >= 11 is 0. The number of hydrogen-bond donors (Lipinski definition) is 5. The van der Waals surface area contributed by atoms with Crippen molar-refractivity contribution in [1.82, 2.24) is 0 Å². The maximum absolute atomic E-state index is 13.1. The van der Waals surface area contributed by atoms with Crippen LogP contribution in [0.3, 0.4) is 0 Å². The van der Waals surface area contributed by atoms with Gasteiger partial charge in [-0.1, -0.05) is 80.6 Å². The minimum atomic E-state index is -3.71. The summed E-state index contributed by atoms with van der Waals surface area (Å²) < 4.78 is 21.7. The zero-order valence-corrected chi connectivity index (χ0v) is 31.1. The second kappa shape index (κ2) is 20.0. The number of fused-ring (bicyclic) bond motifs is 2. The number of hydrogen-bond acceptors (Lipinski definition) is 11. The predicted molar refractivity (Wildman–Crippen MR) is 194 cm³/mol. The molecule has 0 aromatic heterocycles.